The molecule has 2 aromatic carbocycles. The summed E-state index contributed by atoms with van der Waals surface area (Å²) in [6, 6.07) is 20.2. The molecule has 3 fully saturated rings. The first kappa shape index (κ1) is 28.5. The highest BCUT2D eigenvalue weighted by molar-refractivity contribution is 5.91. The molecule has 3 aliphatic carbocycles. The standard InChI is InChI=1S/C34H41N5O3/c1-33(42)20-34(35,21-33)26-14-12-24(13-15-26)31-28(23-6-4-3-5-7-23)19-29(37-38-31)36-30(40)18-22-8-16-27(17-9-22)39(2)32(41)25-10-11-25/h3-7,12-15,19,22,25,27,42H,8-11,16-18,20-21,35H2,1-2H3,(H,36,37,40)/t22?,27?,33-,34-. The molecule has 0 spiro atoms. The Hall–Kier alpha value is -3.62. The summed E-state index contributed by atoms with van der Waals surface area (Å²) in [4.78, 5) is 27.4. The molecular weight excluding hydrogens is 526 g/mol. The first-order valence-electron chi connectivity index (χ1n) is 15.2. The molecule has 0 bridgehead atoms. The monoisotopic (exact) mass is 567 g/mol. The van der Waals surface area contributed by atoms with Gasteiger partial charge in [0.2, 0.25) is 11.8 Å². The maximum absolute atomic E-state index is 13.0. The van der Waals surface area contributed by atoms with Gasteiger partial charge in [-0.1, -0.05) is 54.6 Å². The minimum Gasteiger partial charge on any atom is -0.390 e. The molecule has 0 saturated heterocycles. The van der Waals surface area contributed by atoms with Crippen LogP contribution in [0.15, 0.2) is 60.7 Å². The van der Waals surface area contributed by atoms with E-state index in [1.807, 2.05) is 79.5 Å². The molecule has 220 valence electrons. The van der Waals surface area contributed by atoms with E-state index in [1.165, 1.54) is 0 Å². The Balaban J connectivity index is 1.13. The number of nitrogens with two attached hydrogens (primary N) is 1. The summed E-state index contributed by atoms with van der Waals surface area (Å²) in [7, 11) is 1.94. The van der Waals surface area contributed by atoms with Crippen LogP contribution in [-0.2, 0) is 15.1 Å². The number of nitrogens with one attached hydrogen (secondary N) is 1. The van der Waals surface area contributed by atoms with E-state index in [0.717, 1.165) is 66.5 Å². The zero-order chi connectivity index (χ0) is 29.5. The van der Waals surface area contributed by atoms with Crippen LogP contribution in [0.25, 0.3) is 22.4 Å². The predicted octanol–water partition coefficient (Wildman–Crippen LogP) is 5.27. The van der Waals surface area contributed by atoms with Crippen molar-refractivity contribution in [1.29, 1.82) is 0 Å². The third-order valence-electron chi connectivity index (χ3n) is 9.38. The molecule has 6 rings (SSSR count). The molecule has 4 N–H and O–H groups in total. The molecule has 8 nitrogen and oxygen atoms in total. The molecule has 0 unspecified atom stereocenters. The molecule has 3 saturated carbocycles. The number of anilines is 1. The Morgan fingerprint density at radius 3 is 2.24 bits per heavy atom. The van der Waals surface area contributed by atoms with Gasteiger partial charge in [-0.3, -0.25) is 9.59 Å². The van der Waals surface area contributed by atoms with Crippen molar-refractivity contribution in [3.63, 3.8) is 0 Å². The highest BCUT2D eigenvalue weighted by Crippen LogP contribution is 2.46. The van der Waals surface area contributed by atoms with E-state index < -0.39 is 11.1 Å². The Labute approximate surface area is 247 Å². The maximum Gasteiger partial charge on any atom is 0.225 e. The Morgan fingerprint density at radius 2 is 1.62 bits per heavy atom. The van der Waals surface area contributed by atoms with Crippen molar-refractivity contribution >= 4 is 17.6 Å². The van der Waals surface area contributed by atoms with Crippen molar-refractivity contribution in [3.05, 3.63) is 66.2 Å². The van der Waals surface area contributed by atoms with Crippen LogP contribution < -0.4 is 11.1 Å². The number of carbonyl (C=O) groups is 2. The molecule has 1 heterocycles. The number of carbonyl (C=O) groups excluding carboxylic acids is 2. The lowest BCUT2D eigenvalue weighted by molar-refractivity contribution is -0.134. The molecule has 42 heavy (non-hydrogen) atoms. The minimum atomic E-state index is -0.717. The summed E-state index contributed by atoms with van der Waals surface area (Å²) >= 11 is 0. The third kappa shape index (κ3) is 6.10. The lowest BCUT2D eigenvalue weighted by Gasteiger charge is -2.49. The van der Waals surface area contributed by atoms with Gasteiger partial charge in [0.15, 0.2) is 5.82 Å². The van der Waals surface area contributed by atoms with E-state index in [4.69, 9.17) is 5.73 Å². The van der Waals surface area contributed by atoms with Gasteiger partial charge in [0.1, 0.15) is 5.69 Å². The van der Waals surface area contributed by atoms with Gasteiger partial charge in [0.25, 0.3) is 0 Å². The highest BCUT2D eigenvalue weighted by atomic mass is 16.3. The van der Waals surface area contributed by atoms with Crippen molar-refractivity contribution in [2.24, 2.45) is 17.6 Å². The van der Waals surface area contributed by atoms with Crippen molar-refractivity contribution in [1.82, 2.24) is 15.1 Å². The molecule has 8 heteroatoms. The van der Waals surface area contributed by atoms with E-state index in [0.29, 0.717) is 36.9 Å². The number of aromatic nitrogens is 2. The van der Waals surface area contributed by atoms with Crippen LogP contribution in [0.5, 0.6) is 0 Å². The smallest absolute Gasteiger partial charge is 0.225 e. The van der Waals surface area contributed by atoms with Gasteiger partial charge in [0.05, 0.1) is 5.60 Å². The van der Waals surface area contributed by atoms with E-state index in [-0.39, 0.29) is 17.9 Å². The van der Waals surface area contributed by atoms with Crippen LogP contribution in [0.3, 0.4) is 0 Å². The number of amides is 2. The zero-order valence-corrected chi connectivity index (χ0v) is 24.6. The van der Waals surface area contributed by atoms with Crippen LogP contribution in [0.1, 0.15) is 70.3 Å². The molecular formula is C34H41N5O3. The number of benzene rings is 2. The minimum absolute atomic E-state index is 0.0594. The highest BCUT2D eigenvalue weighted by Gasteiger charge is 2.49. The summed E-state index contributed by atoms with van der Waals surface area (Å²) in [5.74, 6) is 1.21. The summed E-state index contributed by atoms with van der Waals surface area (Å²) < 4.78 is 0. The number of aliphatic hydroxyl groups is 1. The van der Waals surface area contributed by atoms with Crippen LogP contribution >= 0.6 is 0 Å². The first-order valence-corrected chi connectivity index (χ1v) is 15.2. The van der Waals surface area contributed by atoms with Gasteiger partial charge in [-0.25, -0.2) is 0 Å². The van der Waals surface area contributed by atoms with Crippen molar-refractivity contribution in [2.45, 2.75) is 81.9 Å². The lowest BCUT2D eigenvalue weighted by atomic mass is 9.63. The normalized spacial score (nSPS) is 27.1. The average Bonchev–Trinajstić information content (AvgIpc) is 3.82. The SMILES string of the molecule is CN(C(=O)C1CC1)C1CCC(CC(=O)Nc2cc(-c3ccccc3)c(-c3ccc([C@]4(N)C[C@](C)(O)C4)cc3)nn2)CC1. The molecule has 0 radical (unpaired) electrons. The Morgan fingerprint density at radius 1 is 0.952 bits per heavy atom. The molecule has 3 aliphatic rings. The van der Waals surface area contributed by atoms with Crippen LogP contribution in [0.4, 0.5) is 5.82 Å². The second-order valence-electron chi connectivity index (χ2n) is 13.1. The molecule has 0 atom stereocenters. The van der Waals surface area contributed by atoms with Crippen LogP contribution in [0, 0.1) is 11.8 Å². The zero-order valence-electron chi connectivity index (χ0n) is 24.6. The van der Waals surface area contributed by atoms with E-state index in [9.17, 15) is 14.7 Å². The van der Waals surface area contributed by atoms with Crippen molar-refractivity contribution in [3.8, 4) is 22.4 Å². The van der Waals surface area contributed by atoms with Gasteiger partial charge < -0.3 is 21.1 Å². The Kier molecular flexibility index (Phi) is 7.62. The first-order chi connectivity index (χ1) is 20.1. The maximum atomic E-state index is 13.0. The van der Waals surface area contributed by atoms with Crippen molar-refractivity contribution in [2.75, 3.05) is 12.4 Å². The fourth-order valence-corrected chi connectivity index (χ4v) is 6.97. The van der Waals surface area contributed by atoms with Crippen LogP contribution in [-0.4, -0.2) is 50.7 Å². The largest absolute Gasteiger partial charge is 0.390 e. The van der Waals surface area contributed by atoms with Gasteiger partial charge in [0, 0.05) is 42.1 Å². The predicted molar refractivity (Wildman–Crippen MR) is 163 cm³/mol. The summed E-state index contributed by atoms with van der Waals surface area (Å²) in [5.41, 5.74) is 9.79. The quantitative estimate of drug-likeness (QED) is 0.341. The number of hydrogen-bond acceptors (Lipinski definition) is 6. The van der Waals surface area contributed by atoms with E-state index >= 15 is 0 Å². The number of rotatable bonds is 8. The average molecular weight is 568 g/mol. The fourth-order valence-electron chi connectivity index (χ4n) is 6.97. The summed E-state index contributed by atoms with van der Waals surface area (Å²) in [6.45, 7) is 1.82. The summed E-state index contributed by atoms with van der Waals surface area (Å²) in [5, 5.41) is 22.2. The molecule has 2 amide bonds. The topological polar surface area (TPSA) is 121 Å². The fraction of sp³-hybridized carbons (Fsp3) is 0.471. The third-order valence-corrected chi connectivity index (χ3v) is 9.38. The van der Waals surface area contributed by atoms with Gasteiger partial charge in [-0.05, 0) is 81.4 Å². The van der Waals surface area contributed by atoms with E-state index in [1.54, 1.807) is 0 Å². The Bertz CT molecular complexity index is 1440. The molecule has 0 aliphatic heterocycles. The summed E-state index contributed by atoms with van der Waals surface area (Å²) in [6.07, 6.45) is 7.33. The number of hydrogen-bond donors (Lipinski definition) is 3. The van der Waals surface area contributed by atoms with Crippen LogP contribution in [0.2, 0.25) is 0 Å². The van der Waals surface area contributed by atoms with E-state index in [2.05, 4.69) is 15.5 Å². The van der Waals surface area contributed by atoms with Gasteiger partial charge >= 0.3 is 0 Å². The van der Waals surface area contributed by atoms with Crippen molar-refractivity contribution < 1.29 is 14.7 Å². The second-order valence-corrected chi connectivity index (χ2v) is 13.1. The molecule has 3 aromatic rings. The lowest BCUT2D eigenvalue weighted by Crippen LogP contribution is -2.58. The van der Waals surface area contributed by atoms with Gasteiger partial charge in [-0.2, -0.15) is 0 Å². The second kappa shape index (κ2) is 11.2. The van der Waals surface area contributed by atoms with Gasteiger partial charge in [-0.15, -0.1) is 10.2 Å². The number of nitrogens with zero attached hydrogens (tertiary/aromatic N) is 3. The molecule has 1 aromatic heterocycles.